The summed E-state index contributed by atoms with van der Waals surface area (Å²) in [5.41, 5.74) is 6.62. The molecule has 2 aromatic heterocycles. The lowest BCUT2D eigenvalue weighted by atomic mass is 10.1. The van der Waals surface area contributed by atoms with E-state index < -0.39 is 4.92 Å². The second kappa shape index (κ2) is 9.05. The summed E-state index contributed by atoms with van der Waals surface area (Å²) in [6, 6.07) is 2.72. The third kappa shape index (κ3) is 4.38. The predicted octanol–water partition coefficient (Wildman–Crippen LogP) is 1.37. The van der Waals surface area contributed by atoms with Crippen LogP contribution in [0.3, 0.4) is 0 Å². The van der Waals surface area contributed by atoms with Crippen LogP contribution in [0, 0.1) is 10.1 Å². The van der Waals surface area contributed by atoms with Gasteiger partial charge in [-0.15, -0.1) is 0 Å². The van der Waals surface area contributed by atoms with E-state index in [2.05, 4.69) is 15.0 Å². The molecule has 0 unspecified atom stereocenters. The first-order valence-electron chi connectivity index (χ1n) is 8.75. The van der Waals surface area contributed by atoms with Gasteiger partial charge < -0.3 is 29.6 Å². The Hall–Kier alpha value is -3.93. The number of imidazole rings is 1. The van der Waals surface area contributed by atoms with Crippen LogP contribution in [0.5, 0.6) is 17.4 Å². The number of rotatable bonds is 9. The molecule has 158 valence electrons. The maximum absolute atomic E-state index is 11.6. The molecule has 0 saturated carbocycles. The number of hydrogen-bond acceptors (Lipinski definition) is 10. The molecule has 0 saturated heterocycles. The van der Waals surface area contributed by atoms with Crippen molar-refractivity contribution < 1.29 is 24.2 Å². The van der Waals surface area contributed by atoms with E-state index in [0.29, 0.717) is 16.9 Å². The van der Waals surface area contributed by atoms with Crippen LogP contribution in [0.25, 0.3) is 11.2 Å². The summed E-state index contributed by atoms with van der Waals surface area (Å²) in [5, 5.41) is 20.3. The highest BCUT2D eigenvalue weighted by Gasteiger charge is 2.21. The monoisotopic (exact) mass is 416 g/mol. The fraction of sp³-hybridized carbons (Fsp3) is 0.278. The summed E-state index contributed by atoms with van der Waals surface area (Å²) in [7, 11) is 3.17. The minimum Gasteiger partial charge on any atom is -0.493 e. The number of benzene rings is 1. The lowest BCUT2D eigenvalue weighted by Crippen LogP contribution is -2.06. The van der Waals surface area contributed by atoms with E-state index in [1.165, 1.54) is 31.6 Å². The minimum atomic E-state index is -0.542. The number of nitro benzene ring substituents is 1. The van der Waals surface area contributed by atoms with Crippen molar-refractivity contribution in [2.24, 2.45) is 7.05 Å². The van der Waals surface area contributed by atoms with Crippen molar-refractivity contribution in [1.82, 2.24) is 19.5 Å². The number of nitrogens with zero attached hydrogens (tertiary/aromatic N) is 5. The first-order chi connectivity index (χ1) is 14.4. The minimum absolute atomic E-state index is 0.00661. The van der Waals surface area contributed by atoms with E-state index in [4.69, 9.17) is 25.1 Å². The molecule has 12 heteroatoms. The predicted molar refractivity (Wildman–Crippen MR) is 106 cm³/mol. The molecule has 2 heterocycles. The number of fused-ring (bicyclic) bond motifs is 1. The molecule has 0 amide bonds. The Labute approximate surface area is 170 Å². The molecule has 0 aliphatic carbocycles. The van der Waals surface area contributed by atoms with Gasteiger partial charge in [0, 0.05) is 7.05 Å². The molecule has 0 spiro atoms. The van der Waals surface area contributed by atoms with E-state index in [-0.39, 0.29) is 48.6 Å². The van der Waals surface area contributed by atoms with Crippen LogP contribution in [-0.2, 0) is 13.7 Å². The van der Waals surface area contributed by atoms with E-state index in [0.717, 1.165) is 0 Å². The zero-order chi connectivity index (χ0) is 21.7. The van der Waals surface area contributed by atoms with Crippen molar-refractivity contribution in [2.45, 2.75) is 6.61 Å². The highest BCUT2D eigenvalue weighted by molar-refractivity contribution is 5.77. The maximum Gasteiger partial charge on any atom is 0.280 e. The van der Waals surface area contributed by atoms with Gasteiger partial charge >= 0.3 is 0 Å². The second-order valence-corrected chi connectivity index (χ2v) is 6.06. The average Bonchev–Trinajstić information content (AvgIpc) is 3.09. The molecule has 0 radical (unpaired) electrons. The van der Waals surface area contributed by atoms with Crippen LogP contribution in [0.2, 0.25) is 0 Å². The quantitative estimate of drug-likeness (QED) is 0.296. The Morgan fingerprint density at radius 3 is 2.77 bits per heavy atom. The zero-order valence-corrected chi connectivity index (χ0v) is 16.3. The number of nitrogen functional groups attached to an aromatic ring is 1. The van der Waals surface area contributed by atoms with Gasteiger partial charge in [0.1, 0.15) is 13.2 Å². The Morgan fingerprint density at radius 2 is 2.07 bits per heavy atom. The lowest BCUT2D eigenvalue weighted by Gasteiger charge is -2.12. The number of ether oxygens (including phenoxy) is 3. The van der Waals surface area contributed by atoms with Crippen molar-refractivity contribution >= 4 is 22.8 Å². The number of aliphatic hydroxyl groups excluding tert-OH is 1. The Bertz CT molecular complexity index is 1100. The number of aryl methyl sites for hydroxylation is 1. The number of aromatic nitrogens is 4. The van der Waals surface area contributed by atoms with Gasteiger partial charge in [-0.05, 0) is 12.1 Å². The van der Waals surface area contributed by atoms with Gasteiger partial charge in [-0.1, -0.05) is 6.08 Å². The number of nitro groups is 1. The first-order valence-corrected chi connectivity index (χ1v) is 8.75. The molecule has 3 aromatic rings. The highest BCUT2D eigenvalue weighted by atomic mass is 16.6. The van der Waals surface area contributed by atoms with Crippen molar-refractivity contribution in [2.75, 3.05) is 26.1 Å². The summed E-state index contributed by atoms with van der Waals surface area (Å²) in [5.74, 6) is 0.587. The summed E-state index contributed by atoms with van der Waals surface area (Å²) < 4.78 is 18.1. The van der Waals surface area contributed by atoms with Gasteiger partial charge in [0.15, 0.2) is 22.7 Å². The van der Waals surface area contributed by atoms with Crippen LogP contribution >= 0.6 is 0 Å². The van der Waals surface area contributed by atoms with Crippen molar-refractivity contribution in [3.8, 4) is 17.4 Å². The number of methoxy groups -OCH3 is 1. The molecule has 1 aromatic carbocycles. The number of nitrogens with two attached hydrogens (primary N) is 1. The zero-order valence-electron chi connectivity index (χ0n) is 16.3. The van der Waals surface area contributed by atoms with Crippen LogP contribution in [0.4, 0.5) is 11.6 Å². The van der Waals surface area contributed by atoms with Gasteiger partial charge in [0.25, 0.3) is 5.69 Å². The van der Waals surface area contributed by atoms with E-state index in [1.807, 2.05) is 0 Å². The van der Waals surface area contributed by atoms with Gasteiger partial charge in [0.05, 0.1) is 36.6 Å². The molecule has 0 atom stereocenters. The van der Waals surface area contributed by atoms with Gasteiger partial charge in [-0.25, -0.2) is 4.98 Å². The Balaban J connectivity index is 1.90. The normalized spacial score (nSPS) is 11.2. The molecule has 0 aliphatic heterocycles. The Morgan fingerprint density at radius 1 is 1.27 bits per heavy atom. The summed E-state index contributed by atoms with van der Waals surface area (Å²) in [4.78, 5) is 23.3. The number of hydrogen-bond donors (Lipinski definition) is 2. The van der Waals surface area contributed by atoms with Crippen LogP contribution in [0.15, 0.2) is 30.6 Å². The Kier molecular flexibility index (Phi) is 6.27. The van der Waals surface area contributed by atoms with Crippen molar-refractivity contribution in [3.63, 3.8) is 0 Å². The van der Waals surface area contributed by atoms with Gasteiger partial charge in [0.2, 0.25) is 11.8 Å². The number of aliphatic hydroxyl groups is 1. The molecule has 12 nitrogen and oxygen atoms in total. The summed E-state index contributed by atoms with van der Waals surface area (Å²) in [6.45, 7) is -0.199. The van der Waals surface area contributed by atoms with Gasteiger partial charge in [-0.3, -0.25) is 10.1 Å². The molecule has 3 N–H and O–H groups in total. The van der Waals surface area contributed by atoms with E-state index in [1.54, 1.807) is 17.7 Å². The fourth-order valence-electron chi connectivity index (χ4n) is 2.67. The molecular formula is C18H20N6O6. The van der Waals surface area contributed by atoms with Crippen LogP contribution in [-0.4, -0.2) is 49.9 Å². The molecule has 3 rings (SSSR count). The summed E-state index contributed by atoms with van der Waals surface area (Å²) >= 11 is 0. The SMILES string of the molecule is COc1cc(COc2nc(N)nc3c2ncn3C)c([N+](=O)[O-])cc1OC/C=C/CO. The number of anilines is 1. The van der Waals surface area contributed by atoms with E-state index >= 15 is 0 Å². The van der Waals surface area contributed by atoms with Crippen molar-refractivity contribution in [1.29, 1.82) is 0 Å². The topological polar surface area (TPSA) is 161 Å². The average molecular weight is 416 g/mol. The third-order valence-electron chi connectivity index (χ3n) is 4.08. The van der Waals surface area contributed by atoms with Crippen LogP contribution < -0.4 is 19.9 Å². The lowest BCUT2D eigenvalue weighted by molar-refractivity contribution is -0.385. The standard InChI is InChI=1S/C18H20N6O6/c1-23-10-20-15-16(23)21-18(19)22-17(15)30-9-11-7-13(28-2)14(8-12(11)24(26)27)29-6-4-3-5-25/h3-4,7-8,10,25H,5-6,9H2,1-2H3,(H2,19,21,22)/b4-3+. The second-order valence-electron chi connectivity index (χ2n) is 6.06. The van der Waals surface area contributed by atoms with Crippen molar-refractivity contribution in [3.05, 3.63) is 46.3 Å². The molecule has 0 fully saturated rings. The van der Waals surface area contributed by atoms with E-state index in [9.17, 15) is 10.1 Å². The molecule has 0 aliphatic rings. The summed E-state index contributed by atoms with van der Waals surface area (Å²) in [6.07, 6.45) is 4.61. The fourth-order valence-corrected chi connectivity index (χ4v) is 2.67. The van der Waals surface area contributed by atoms with Gasteiger partial charge in [-0.2, -0.15) is 9.97 Å². The molecular weight excluding hydrogens is 396 g/mol. The maximum atomic E-state index is 11.6. The molecule has 30 heavy (non-hydrogen) atoms. The van der Waals surface area contributed by atoms with Crippen LogP contribution in [0.1, 0.15) is 5.56 Å². The largest absolute Gasteiger partial charge is 0.493 e. The first kappa shape index (κ1) is 20.8. The molecule has 0 bridgehead atoms. The smallest absolute Gasteiger partial charge is 0.280 e. The third-order valence-corrected chi connectivity index (χ3v) is 4.08. The highest BCUT2D eigenvalue weighted by Crippen LogP contribution is 2.35.